The lowest BCUT2D eigenvalue weighted by Gasteiger charge is -2.24. The molecule has 4 heteroatoms. The molecule has 1 aromatic rings. The van der Waals surface area contributed by atoms with Gasteiger partial charge in [0.1, 0.15) is 5.57 Å². The van der Waals surface area contributed by atoms with Gasteiger partial charge in [0.05, 0.1) is 6.61 Å². The molecule has 146 valence electrons. The van der Waals surface area contributed by atoms with Crippen LogP contribution in [0.25, 0.3) is 0 Å². The Labute approximate surface area is 179 Å². The van der Waals surface area contributed by atoms with E-state index >= 15 is 0 Å². The largest absolute Gasteiger partial charge is 0.462 e. The number of thioether (sulfide) groups is 1. The average molecular weight is 403 g/mol. The van der Waals surface area contributed by atoms with Gasteiger partial charge in [-0.1, -0.05) is 30.3 Å². The Bertz CT molecular complexity index is 767. The van der Waals surface area contributed by atoms with Gasteiger partial charge in [0.2, 0.25) is 5.78 Å². The van der Waals surface area contributed by atoms with Crippen LogP contribution in [-0.4, -0.2) is 24.6 Å². The first kappa shape index (κ1) is 21.9. The molecule has 2 saturated carbocycles. The zero-order valence-electron chi connectivity index (χ0n) is 16.4. The monoisotopic (exact) mass is 402 g/mol. The maximum absolute atomic E-state index is 13.5. The first-order valence-electron chi connectivity index (χ1n) is 9.36. The van der Waals surface area contributed by atoms with Gasteiger partial charge in [0.25, 0.3) is 0 Å². The lowest BCUT2D eigenvalue weighted by molar-refractivity contribution is -0.138. The number of hydrogen-bond donors (Lipinski definition) is 0. The highest BCUT2D eigenvalue weighted by Gasteiger charge is 2.36. The minimum Gasteiger partial charge on any atom is -0.462 e. The number of benzene rings is 1. The third-order valence-corrected chi connectivity index (χ3v) is 4.89. The second kappa shape index (κ2) is 10.8. The molecule has 0 heterocycles. The molecule has 1 aromatic carbocycles. The summed E-state index contributed by atoms with van der Waals surface area (Å²) in [6, 6.07) is 8.84. The molecule has 0 aromatic heterocycles. The van der Waals surface area contributed by atoms with E-state index in [9.17, 15) is 9.59 Å². The second-order valence-electron chi connectivity index (χ2n) is 6.28. The Morgan fingerprint density at radius 1 is 0.931 bits per heavy atom. The second-order valence-corrected chi connectivity index (χ2v) is 6.99. The Morgan fingerprint density at radius 2 is 1.52 bits per heavy atom. The van der Waals surface area contributed by atoms with Crippen molar-refractivity contribution in [1.82, 2.24) is 0 Å². The van der Waals surface area contributed by atoms with Gasteiger partial charge in [0.15, 0.2) is 0 Å². The molecule has 2 aliphatic rings. The van der Waals surface area contributed by atoms with Gasteiger partial charge in [-0.2, -0.15) is 0 Å². The molecule has 0 unspecified atom stereocenters. The Kier molecular flexibility index (Phi) is 8.17. The molecule has 3 rings (SSSR count). The first-order chi connectivity index (χ1) is 14.2. The Balaban J connectivity index is 2.19. The van der Waals surface area contributed by atoms with E-state index in [1.54, 1.807) is 31.2 Å². The standard InChI is InChI=1S/C25H22O3S/c1-3-28-25(27)23(24(26)20-15-5-4-6-16-20)22(19-13-9-10-14-19)21(17-29-2)18-11-7-8-12-18/h4-17H,3H2,1-2H3/b21-17+,23-22-. The molecular weight excluding hydrogens is 380 g/mol. The lowest BCUT2D eigenvalue weighted by atomic mass is 9.79. The molecule has 0 amide bonds. The number of rotatable bonds is 8. The van der Waals surface area contributed by atoms with Crippen LogP contribution in [0.2, 0.25) is 0 Å². The van der Waals surface area contributed by atoms with Gasteiger partial charge in [-0.05, 0) is 81.1 Å². The molecular formula is C25H22O3S. The Morgan fingerprint density at radius 3 is 2.07 bits per heavy atom. The summed E-state index contributed by atoms with van der Waals surface area (Å²) in [6.45, 7) is 1.93. The molecule has 0 saturated heterocycles. The minimum absolute atomic E-state index is 0.0470. The van der Waals surface area contributed by atoms with Crippen molar-refractivity contribution < 1.29 is 14.3 Å². The zero-order chi connectivity index (χ0) is 20.6. The van der Waals surface area contributed by atoms with Crippen molar-refractivity contribution in [1.29, 1.82) is 0 Å². The molecule has 3 nitrogen and oxygen atoms in total. The maximum atomic E-state index is 13.5. The van der Waals surface area contributed by atoms with Crippen molar-refractivity contribution in [3.63, 3.8) is 0 Å². The molecule has 0 atom stereocenters. The average Bonchev–Trinajstić information content (AvgIpc) is 3.45. The van der Waals surface area contributed by atoms with E-state index in [0.29, 0.717) is 11.1 Å². The highest BCUT2D eigenvalue weighted by molar-refractivity contribution is 8.01. The van der Waals surface area contributed by atoms with Gasteiger partial charge in [-0.15, -0.1) is 11.8 Å². The van der Waals surface area contributed by atoms with Gasteiger partial charge in [0, 0.05) is 17.4 Å². The summed E-state index contributed by atoms with van der Waals surface area (Å²) >= 11 is 1.52. The molecule has 2 aliphatic carbocycles. The zero-order valence-corrected chi connectivity index (χ0v) is 17.2. The minimum atomic E-state index is -0.615. The fourth-order valence-corrected chi connectivity index (χ4v) is 3.65. The van der Waals surface area contributed by atoms with Gasteiger partial charge >= 0.3 is 5.97 Å². The topological polar surface area (TPSA) is 43.4 Å². The summed E-state index contributed by atoms with van der Waals surface area (Å²) in [5.41, 5.74) is 1.90. The number of carbonyl (C=O) groups excluding carboxylic acids is 2. The molecule has 0 spiro atoms. The van der Waals surface area contributed by atoms with Crippen LogP contribution in [0, 0.1) is 63.2 Å². The van der Waals surface area contributed by atoms with Crippen LogP contribution in [0.4, 0.5) is 0 Å². The van der Waals surface area contributed by atoms with Gasteiger partial charge in [-0.3, -0.25) is 4.79 Å². The number of carbonyl (C=O) groups is 2. The van der Waals surface area contributed by atoms with Gasteiger partial charge in [-0.25, -0.2) is 4.79 Å². The highest BCUT2D eigenvalue weighted by Crippen LogP contribution is 2.44. The van der Waals surface area contributed by atoms with E-state index in [-0.39, 0.29) is 18.0 Å². The van der Waals surface area contributed by atoms with Crippen molar-refractivity contribution in [2.24, 2.45) is 0 Å². The maximum Gasteiger partial charge on any atom is 0.342 e. The number of allylic oxidation sites excluding steroid dienone is 2. The predicted octanol–water partition coefficient (Wildman–Crippen LogP) is 4.79. The van der Waals surface area contributed by atoms with Crippen molar-refractivity contribution >= 4 is 23.5 Å². The molecule has 0 N–H and O–H groups in total. The number of Topliss-reactive ketones (excluding diaryl/α,β-unsaturated/α-hetero) is 1. The van der Waals surface area contributed by atoms with E-state index in [2.05, 4.69) is 0 Å². The first-order valence-corrected chi connectivity index (χ1v) is 10.6. The normalized spacial score (nSPS) is 19.3. The van der Waals surface area contributed by atoms with Crippen molar-refractivity contribution in [2.45, 2.75) is 6.92 Å². The fraction of sp³-hybridized carbons (Fsp3) is 0.120. The SMILES string of the molecule is CCOC(=O)/C(C(=O)c1ccccc1)=C([C]1[CH][CH][CH][CH]1)\C(=C\SC)[C]1[CH][CH][CH][CH]1. The van der Waals surface area contributed by atoms with E-state index < -0.39 is 5.97 Å². The van der Waals surface area contributed by atoms with Crippen LogP contribution in [-0.2, 0) is 9.53 Å². The predicted molar refractivity (Wildman–Crippen MR) is 117 cm³/mol. The number of ketones is 1. The number of ether oxygens (including phenoxy) is 1. The third-order valence-electron chi connectivity index (χ3n) is 4.42. The fourth-order valence-electron chi connectivity index (χ4n) is 3.16. The summed E-state index contributed by atoms with van der Waals surface area (Å²) in [4.78, 5) is 26.5. The quantitative estimate of drug-likeness (QED) is 0.157. The van der Waals surface area contributed by atoms with Crippen LogP contribution >= 0.6 is 11.8 Å². The summed E-state index contributed by atoms with van der Waals surface area (Å²) in [6.07, 6.45) is 17.4. The van der Waals surface area contributed by atoms with Crippen LogP contribution in [0.5, 0.6) is 0 Å². The van der Waals surface area contributed by atoms with Crippen LogP contribution in [0.15, 0.2) is 52.5 Å². The van der Waals surface area contributed by atoms with E-state index in [0.717, 1.165) is 17.4 Å². The van der Waals surface area contributed by atoms with E-state index in [4.69, 9.17) is 4.74 Å². The summed E-state index contributed by atoms with van der Waals surface area (Å²) in [5, 5.41) is 1.97. The molecule has 0 aliphatic heterocycles. The van der Waals surface area contributed by atoms with Crippen molar-refractivity contribution in [3.05, 3.63) is 121 Å². The van der Waals surface area contributed by atoms with E-state index in [1.807, 2.05) is 69.1 Å². The summed E-state index contributed by atoms with van der Waals surface area (Å²) in [7, 11) is 0. The van der Waals surface area contributed by atoms with Crippen molar-refractivity contribution in [3.8, 4) is 0 Å². The van der Waals surface area contributed by atoms with Crippen molar-refractivity contribution in [2.75, 3.05) is 12.9 Å². The Hall–Kier alpha value is -1.81. The van der Waals surface area contributed by atoms with Crippen LogP contribution in [0.3, 0.4) is 0 Å². The summed E-state index contributed by atoms with van der Waals surface area (Å²) < 4.78 is 5.32. The summed E-state index contributed by atoms with van der Waals surface area (Å²) in [5.74, 6) is 0.784. The highest BCUT2D eigenvalue weighted by atomic mass is 32.2. The molecule has 2 fully saturated rings. The lowest BCUT2D eigenvalue weighted by Crippen LogP contribution is -2.23. The number of esters is 1. The van der Waals surface area contributed by atoms with Crippen LogP contribution < -0.4 is 0 Å². The molecule has 10 radical (unpaired) electrons. The smallest absolute Gasteiger partial charge is 0.342 e. The molecule has 29 heavy (non-hydrogen) atoms. The number of hydrogen-bond acceptors (Lipinski definition) is 4. The van der Waals surface area contributed by atoms with Gasteiger partial charge < -0.3 is 4.74 Å². The third kappa shape index (κ3) is 5.22. The van der Waals surface area contributed by atoms with E-state index in [1.165, 1.54) is 11.8 Å². The molecule has 0 bridgehead atoms. The van der Waals surface area contributed by atoms with Crippen LogP contribution in [0.1, 0.15) is 17.3 Å².